The number of para-hydroxylation sites is 2. The minimum atomic E-state index is -0.490. The lowest BCUT2D eigenvalue weighted by Crippen LogP contribution is -2.33. The fraction of sp³-hybridized carbons (Fsp3) is 0.417. The number of anilines is 1. The Morgan fingerprint density at radius 3 is 2.79 bits per heavy atom. The second kappa shape index (κ2) is 7.32. The highest BCUT2D eigenvalue weighted by molar-refractivity contribution is 5.81. The van der Waals surface area contributed by atoms with Crippen molar-refractivity contribution in [3.8, 4) is 0 Å². The van der Waals surface area contributed by atoms with Crippen molar-refractivity contribution in [3.63, 3.8) is 0 Å². The van der Waals surface area contributed by atoms with Gasteiger partial charge in [0, 0.05) is 18.7 Å². The highest BCUT2D eigenvalue weighted by Gasteiger charge is 2.12. The Labute approximate surface area is 111 Å². The van der Waals surface area contributed by atoms with Crippen LogP contribution in [0, 0.1) is 10.1 Å². The van der Waals surface area contributed by atoms with Gasteiger partial charge in [-0.15, -0.1) is 0 Å². The molecule has 0 saturated heterocycles. The molecule has 4 N–H and O–H groups in total. The second-order valence-corrected chi connectivity index (χ2v) is 4.24. The Bertz CT molecular complexity index is 448. The number of nitrogens with zero attached hydrogens (tertiary/aromatic N) is 1. The molecule has 0 radical (unpaired) electrons. The van der Waals surface area contributed by atoms with Crippen LogP contribution in [0.15, 0.2) is 24.3 Å². The summed E-state index contributed by atoms with van der Waals surface area (Å²) in [5.41, 5.74) is 5.83. The number of rotatable bonds is 7. The number of hydrogen-bond acceptors (Lipinski definition) is 5. The summed E-state index contributed by atoms with van der Waals surface area (Å²) in [4.78, 5) is 21.8. The lowest BCUT2D eigenvalue weighted by molar-refractivity contribution is -0.383. The van der Waals surface area contributed by atoms with Gasteiger partial charge < -0.3 is 16.4 Å². The zero-order chi connectivity index (χ0) is 14.3. The summed E-state index contributed by atoms with van der Waals surface area (Å²) in [5.74, 6) is -0.223. The van der Waals surface area contributed by atoms with Gasteiger partial charge in [0.2, 0.25) is 5.91 Å². The zero-order valence-corrected chi connectivity index (χ0v) is 10.8. The van der Waals surface area contributed by atoms with E-state index in [1.807, 2.05) is 6.92 Å². The molecule has 0 bridgehead atoms. The summed E-state index contributed by atoms with van der Waals surface area (Å²) >= 11 is 0. The first-order valence-electron chi connectivity index (χ1n) is 6.00. The Morgan fingerprint density at radius 2 is 2.16 bits per heavy atom. The molecule has 0 aliphatic carbocycles. The highest BCUT2D eigenvalue weighted by Crippen LogP contribution is 2.22. The summed E-state index contributed by atoms with van der Waals surface area (Å²) in [6.07, 6.45) is 0.692. The van der Waals surface area contributed by atoms with Crippen LogP contribution < -0.4 is 16.4 Å². The Morgan fingerprint density at radius 1 is 1.47 bits per heavy atom. The maximum absolute atomic E-state index is 11.5. The molecular formula is C12H18N4O3. The van der Waals surface area contributed by atoms with Crippen LogP contribution in [-0.2, 0) is 4.79 Å². The molecule has 0 spiro atoms. The minimum Gasteiger partial charge on any atom is -0.371 e. The van der Waals surface area contributed by atoms with E-state index in [9.17, 15) is 14.9 Å². The van der Waals surface area contributed by atoms with Crippen molar-refractivity contribution >= 4 is 17.3 Å². The van der Waals surface area contributed by atoms with E-state index in [2.05, 4.69) is 10.6 Å². The fourth-order valence-corrected chi connectivity index (χ4v) is 1.46. The van der Waals surface area contributed by atoms with Gasteiger partial charge in [-0.25, -0.2) is 0 Å². The molecule has 1 unspecified atom stereocenters. The number of nitrogens with two attached hydrogens (primary N) is 1. The average Bonchev–Trinajstić information content (AvgIpc) is 2.36. The van der Waals surface area contributed by atoms with Gasteiger partial charge in [0.25, 0.3) is 5.69 Å². The van der Waals surface area contributed by atoms with Gasteiger partial charge in [-0.3, -0.25) is 14.9 Å². The first-order valence-corrected chi connectivity index (χ1v) is 6.00. The van der Waals surface area contributed by atoms with Crippen molar-refractivity contribution in [2.75, 3.05) is 18.4 Å². The summed E-state index contributed by atoms with van der Waals surface area (Å²) in [6.45, 7) is 2.34. The van der Waals surface area contributed by atoms with Crippen molar-refractivity contribution in [2.45, 2.75) is 19.4 Å². The molecular weight excluding hydrogens is 248 g/mol. The molecule has 0 fully saturated rings. The summed E-state index contributed by atoms with van der Waals surface area (Å²) < 4.78 is 0. The number of hydrogen-bond donors (Lipinski definition) is 3. The summed E-state index contributed by atoms with van der Waals surface area (Å²) in [6, 6.07) is 6.22. The monoisotopic (exact) mass is 266 g/mol. The molecule has 0 aromatic heterocycles. The van der Waals surface area contributed by atoms with E-state index in [-0.39, 0.29) is 24.2 Å². The predicted octanol–water partition coefficient (Wildman–Crippen LogP) is 0.860. The first kappa shape index (κ1) is 14.9. The minimum absolute atomic E-state index is 0.0101. The normalized spacial score (nSPS) is 11.7. The van der Waals surface area contributed by atoms with Crippen LogP contribution in [0.25, 0.3) is 0 Å². The van der Waals surface area contributed by atoms with E-state index in [0.717, 1.165) is 0 Å². The van der Waals surface area contributed by atoms with Crippen LogP contribution >= 0.6 is 0 Å². The van der Waals surface area contributed by atoms with Crippen LogP contribution in [0.1, 0.15) is 13.3 Å². The van der Waals surface area contributed by atoms with Gasteiger partial charge in [0.15, 0.2) is 0 Å². The Kier molecular flexibility index (Phi) is 5.74. The molecule has 19 heavy (non-hydrogen) atoms. The molecule has 0 heterocycles. The number of nitro benzene ring substituents is 1. The van der Waals surface area contributed by atoms with Crippen molar-refractivity contribution in [2.24, 2.45) is 5.73 Å². The van der Waals surface area contributed by atoms with E-state index in [1.54, 1.807) is 18.2 Å². The van der Waals surface area contributed by atoms with E-state index >= 15 is 0 Å². The lowest BCUT2D eigenvalue weighted by Gasteiger charge is -2.09. The Hall–Kier alpha value is -2.15. The molecule has 0 aliphatic heterocycles. The average molecular weight is 266 g/mol. The third-order valence-corrected chi connectivity index (χ3v) is 2.46. The van der Waals surface area contributed by atoms with Crippen molar-refractivity contribution in [1.29, 1.82) is 0 Å². The van der Waals surface area contributed by atoms with Crippen LogP contribution in [-0.4, -0.2) is 30.0 Å². The number of nitrogens with one attached hydrogen (secondary N) is 2. The van der Waals surface area contributed by atoms with Crippen molar-refractivity contribution in [1.82, 2.24) is 5.32 Å². The second-order valence-electron chi connectivity index (χ2n) is 4.24. The molecule has 1 aromatic rings. The van der Waals surface area contributed by atoms with Crippen molar-refractivity contribution in [3.05, 3.63) is 34.4 Å². The van der Waals surface area contributed by atoms with E-state index in [1.165, 1.54) is 6.07 Å². The third kappa shape index (κ3) is 5.35. The molecule has 104 valence electrons. The third-order valence-electron chi connectivity index (χ3n) is 2.46. The molecule has 1 rings (SSSR count). The topological polar surface area (TPSA) is 110 Å². The maximum atomic E-state index is 11.5. The summed E-state index contributed by atoms with van der Waals surface area (Å²) in [7, 11) is 0. The molecule has 7 nitrogen and oxygen atoms in total. The van der Waals surface area contributed by atoms with E-state index < -0.39 is 4.92 Å². The number of benzene rings is 1. The molecule has 1 atom stereocenters. The standard InChI is InChI=1S/C12H18N4O3/c1-9(13)6-7-14-12(17)8-15-10-4-2-3-5-11(10)16(18)19/h2-5,9,15H,6-8,13H2,1H3,(H,14,17). The fourth-order valence-electron chi connectivity index (χ4n) is 1.46. The lowest BCUT2D eigenvalue weighted by atomic mass is 10.2. The van der Waals surface area contributed by atoms with Crippen molar-refractivity contribution < 1.29 is 9.72 Å². The highest BCUT2D eigenvalue weighted by atomic mass is 16.6. The van der Waals surface area contributed by atoms with Crippen LogP contribution in [0.5, 0.6) is 0 Å². The van der Waals surface area contributed by atoms with E-state index in [4.69, 9.17) is 5.73 Å². The number of nitro groups is 1. The van der Waals surface area contributed by atoms with Gasteiger partial charge in [0.05, 0.1) is 11.5 Å². The van der Waals surface area contributed by atoms with E-state index in [0.29, 0.717) is 18.7 Å². The quantitative estimate of drug-likeness (QED) is 0.501. The smallest absolute Gasteiger partial charge is 0.292 e. The number of carbonyl (C=O) groups is 1. The zero-order valence-electron chi connectivity index (χ0n) is 10.8. The number of carbonyl (C=O) groups excluding carboxylic acids is 1. The van der Waals surface area contributed by atoms with Gasteiger partial charge in [-0.05, 0) is 19.4 Å². The molecule has 1 amide bonds. The van der Waals surface area contributed by atoms with Crippen LogP contribution in [0.3, 0.4) is 0 Å². The van der Waals surface area contributed by atoms with Gasteiger partial charge in [-0.1, -0.05) is 12.1 Å². The van der Waals surface area contributed by atoms with Gasteiger partial charge in [-0.2, -0.15) is 0 Å². The van der Waals surface area contributed by atoms with Crippen LogP contribution in [0.4, 0.5) is 11.4 Å². The largest absolute Gasteiger partial charge is 0.371 e. The molecule has 7 heteroatoms. The molecule has 0 aliphatic rings. The van der Waals surface area contributed by atoms with Gasteiger partial charge in [0.1, 0.15) is 5.69 Å². The van der Waals surface area contributed by atoms with Crippen LogP contribution in [0.2, 0.25) is 0 Å². The first-order chi connectivity index (χ1) is 9.00. The summed E-state index contributed by atoms with van der Waals surface area (Å²) in [5, 5.41) is 16.2. The number of amides is 1. The predicted molar refractivity (Wildman–Crippen MR) is 72.9 cm³/mol. The Balaban J connectivity index is 2.44. The maximum Gasteiger partial charge on any atom is 0.292 e. The van der Waals surface area contributed by atoms with Gasteiger partial charge >= 0.3 is 0 Å². The SMILES string of the molecule is CC(N)CCNC(=O)CNc1ccccc1[N+](=O)[O-]. The molecule has 0 saturated carbocycles. The molecule has 1 aromatic carbocycles.